The molecular formula is C29H30N2O8S. The number of aromatic nitrogens is 1. The molecule has 1 amide bonds. The Labute approximate surface area is 235 Å². The normalized spacial score (nSPS) is 16.4. The van der Waals surface area contributed by atoms with Crippen LogP contribution in [0, 0.1) is 6.92 Å². The van der Waals surface area contributed by atoms with Crippen molar-refractivity contribution in [2.75, 3.05) is 25.7 Å². The van der Waals surface area contributed by atoms with Crippen molar-refractivity contribution in [1.29, 1.82) is 0 Å². The number of hydrogen-bond donors (Lipinski definition) is 1. The van der Waals surface area contributed by atoms with E-state index in [4.69, 9.17) is 18.9 Å². The number of amides is 1. The fraction of sp³-hybridized carbons (Fsp3) is 0.310. The highest BCUT2D eigenvalue weighted by Crippen LogP contribution is 2.45. The molecule has 0 spiro atoms. The molecule has 11 heteroatoms. The lowest BCUT2D eigenvalue weighted by Gasteiger charge is -2.24. The summed E-state index contributed by atoms with van der Waals surface area (Å²) in [7, 11) is 2.73. The number of Topliss-reactive ketones (excluding diaryl/α,β-unsaturated/α-hetero) is 1. The Morgan fingerprint density at radius 3 is 2.40 bits per heavy atom. The lowest BCUT2D eigenvalue weighted by molar-refractivity contribution is -0.132. The van der Waals surface area contributed by atoms with Crippen molar-refractivity contribution in [2.24, 2.45) is 0 Å². The van der Waals surface area contributed by atoms with Crippen LogP contribution < -0.4 is 19.1 Å². The first-order valence-electron chi connectivity index (χ1n) is 12.6. The lowest BCUT2D eigenvalue weighted by Crippen LogP contribution is -2.29. The maximum Gasteiger partial charge on any atom is 0.350 e. The summed E-state index contributed by atoms with van der Waals surface area (Å²) in [6, 6.07) is 10.5. The third kappa shape index (κ3) is 5.37. The molecule has 0 bridgehead atoms. The summed E-state index contributed by atoms with van der Waals surface area (Å²) < 4.78 is 21.7. The molecule has 0 aliphatic carbocycles. The van der Waals surface area contributed by atoms with Crippen molar-refractivity contribution in [3.8, 4) is 17.2 Å². The van der Waals surface area contributed by atoms with Gasteiger partial charge in [0, 0.05) is 5.56 Å². The van der Waals surface area contributed by atoms with Crippen molar-refractivity contribution in [2.45, 2.75) is 39.8 Å². The quantitative estimate of drug-likeness (QED) is 0.164. The topological polar surface area (TPSA) is 124 Å². The summed E-state index contributed by atoms with van der Waals surface area (Å²) in [5, 5.41) is 11.5. The highest BCUT2D eigenvalue weighted by atomic mass is 32.1. The number of carbonyl (C=O) groups is 3. The standard InChI is InChI=1S/C29H30N2O8S/c1-7-38-20-13-10-18(14-21(20)36-5)23-22(24(32)17-8-11-19(12-9-17)39-15(2)3)25(33)27(34)31(23)29-30-16(4)26(40-29)28(35)37-6/h8-15,23,32H,7H2,1-6H3/b24-22+. The Hall–Kier alpha value is -4.38. The number of anilines is 1. The summed E-state index contributed by atoms with van der Waals surface area (Å²) in [6.07, 6.45) is -0.0453. The number of carbonyl (C=O) groups excluding carboxylic acids is 3. The van der Waals surface area contributed by atoms with Crippen LogP contribution in [0.25, 0.3) is 5.76 Å². The lowest BCUT2D eigenvalue weighted by atomic mass is 9.95. The minimum Gasteiger partial charge on any atom is -0.507 e. The Bertz CT molecular complexity index is 1480. The molecule has 210 valence electrons. The van der Waals surface area contributed by atoms with Gasteiger partial charge in [-0.1, -0.05) is 17.4 Å². The largest absolute Gasteiger partial charge is 0.507 e. The number of hydrogen-bond acceptors (Lipinski definition) is 10. The van der Waals surface area contributed by atoms with E-state index in [9.17, 15) is 19.5 Å². The van der Waals surface area contributed by atoms with Crippen LogP contribution in [0.3, 0.4) is 0 Å². The van der Waals surface area contributed by atoms with Crippen LogP contribution >= 0.6 is 11.3 Å². The molecule has 3 aromatic rings. The first-order valence-corrected chi connectivity index (χ1v) is 13.4. The molecule has 4 rings (SSSR count). The molecule has 1 aliphatic rings. The van der Waals surface area contributed by atoms with Gasteiger partial charge in [-0.25, -0.2) is 9.78 Å². The number of benzene rings is 2. The van der Waals surface area contributed by atoms with Crippen LogP contribution in [-0.4, -0.2) is 54.7 Å². The summed E-state index contributed by atoms with van der Waals surface area (Å²) in [6.45, 7) is 7.64. The van der Waals surface area contributed by atoms with E-state index in [1.807, 2.05) is 20.8 Å². The van der Waals surface area contributed by atoms with E-state index in [0.29, 0.717) is 40.7 Å². The molecule has 40 heavy (non-hydrogen) atoms. The number of aryl methyl sites for hydroxylation is 1. The zero-order valence-corrected chi connectivity index (χ0v) is 23.8. The van der Waals surface area contributed by atoms with Gasteiger partial charge in [0.05, 0.1) is 44.2 Å². The molecule has 2 heterocycles. The average Bonchev–Trinajstić information content (AvgIpc) is 3.44. The molecular weight excluding hydrogens is 536 g/mol. The van der Waals surface area contributed by atoms with Gasteiger partial charge in [-0.2, -0.15) is 0 Å². The van der Waals surface area contributed by atoms with Gasteiger partial charge in [0.2, 0.25) is 0 Å². The number of rotatable bonds is 9. The first kappa shape index (κ1) is 28.6. The van der Waals surface area contributed by atoms with Gasteiger partial charge < -0.3 is 24.1 Å². The van der Waals surface area contributed by atoms with Gasteiger partial charge in [0.1, 0.15) is 16.4 Å². The van der Waals surface area contributed by atoms with E-state index in [-0.39, 0.29) is 27.4 Å². The molecule has 1 atom stereocenters. The zero-order chi connectivity index (χ0) is 29.1. The van der Waals surface area contributed by atoms with Crippen LogP contribution in [0.15, 0.2) is 48.0 Å². The second-order valence-corrected chi connectivity index (χ2v) is 10.1. The third-order valence-electron chi connectivity index (χ3n) is 6.11. The molecule has 1 saturated heterocycles. The summed E-state index contributed by atoms with van der Waals surface area (Å²) in [5.41, 5.74) is 0.995. The molecule has 1 fully saturated rings. The Balaban J connectivity index is 1.91. The minimum absolute atomic E-state index is 0.0453. The third-order valence-corrected chi connectivity index (χ3v) is 7.25. The number of methoxy groups -OCH3 is 2. The maximum atomic E-state index is 13.5. The highest BCUT2D eigenvalue weighted by molar-refractivity contribution is 7.17. The molecule has 1 N–H and O–H groups in total. The van der Waals surface area contributed by atoms with Crippen LogP contribution in [0.5, 0.6) is 17.2 Å². The van der Waals surface area contributed by atoms with E-state index in [0.717, 1.165) is 11.3 Å². The highest BCUT2D eigenvalue weighted by Gasteiger charge is 2.48. The Kier molecular flexibility index (Phi) is 8.43. The van der Waals surface area contributed by atoms with Crippen LogP contribution in [0.2, 0.25) is 0 Å². The summed E-state index contributed by atoms with van der Waals surface area (Å²) in [4.78, 5) is 45.1. The number of esters is 1. The second-order valence-electron chi connectivity index (χ2n) is 9.11. The van der Waals surface area contributed by atoms with Crippen LogP contribution in [0.1, 0.15) is 53.3 Å². The number of aliphatic hydroxyl groups is 1. The van der Waals surface area contributed by atoms with Gasteiger partial charge in [-0.05, 0) is 69.7 Å². The van der Waals surface area contributed by atoms with Crippen molar-refractivity contribution < 1.29 is 38.4 Å². The van der Waals surface area contributed by atoms with E-state index in [1.165, 1.54) is 19.1 Å². The fourth-order valence-electron chi connectivity index (χ4n) is 4.36. The van der Waals surface area contributed by atoms with Gasteiger partial charge in [-0.3, -0.25) is 14.5 Å². The number of ether oxygens (including phenoxy) is 4. The SMILES string of the molecule is CCOc1ccc(C2/C(=C(\O)c3ccc(OC(C)C)cc3)C(=O)C(=O)N2c2nc(C)c(C(=O)OC)s2)cc1OC. The van der Waals surface area contributed by atoms with Gasteiger partial charge >= 0.3 is 11.9 Å². The maximum absolute atomic E-state index is 13.5. The predicted octanol–water partition coefficient (Wildman–Crippen LogP) is 5.06. The van der Waals surface area contributed by atoms with Crippen molar-refractivity contribution in [3.05, 3.63) is 69.7 Å². The molecule has 2 aromatic carbocycles. The second kappa shape index (κ2) is 11.8. The van der Waals surface area contributed by atoms with Crippen molar-refractivity contribution in [3.63, 3.8) is 0 Å². The molecule has 0 radical (unpaired) electrons. The van der Waals surface area contributed by atoms with E-state index < -0.39 is 23.7 Å². The monoisotopic (exact) mass is 566 g/mol. The minimum atomic E-state index is -1.08. The van der Waals surface area contributed by atoms with Crippen LogP contribution in [0.4, 0.5) is 5.13 Å². The molecule has 1 aliphatic heterocycles. The Morgan fingerprint density at radius 1 is 1.10 bits per heavy atom. The van der Waals surface area contributed by atoms with Crippen molar-refractivity contribution >= 4 is 39.9 Å². The zero-order valence-electron chi connectivity index (χ0n) is 23.0. The fourth-order valence-corrected chi connectivity index (χ4v) is 5.37. The van der Waals surface area contributed by atoms with E-state index in [2.05, 4.69) is 4.98 Å². The molecule has 1 unspecified atom stereocenters. The Morgan fingerprint density at radius 2 is 1.80 bits per heavy atom. The van der Waals surface area contributed by atoms with Gasteiger partial charge in [0.15, 0.2) is 16.6 Å². The number of thiazole rings is 1. The van der Waals surface area contributed by atoms with Gasteiger partial charge in [-0.15, -0.1) is 0 Å². The first-order chi connectivity index (χ1) is 19.1. The van der Waals surface area contributed by atoms with Crippen LogP contribution in [-0.2, 0) is 14.3 Å². The van der Waals surface area contributed by atoms with E-state index >= 15 is 0 Å². The van der Waals surface area contributed by atoms with Gasteiger partial charge in [0.25, 0.3) is 5.78 Å². The smallest absolute Gasteiger partial charge is 0.350 e. The molecule has 10 nitrogen and oxygen atoms in total. The number of nitrogens with zero attached hydrogens (tertiary/aromatic N) is 2. The van der Waals surface area contributed by atoms with Crippen molar-refractivity contribution in [1.82, 2.24) is 4.98 Å². The predicted molar refractivity (Wildman–Crippen MR) is 149 cm³/mol. The average molecular weight is 567 g/mol. The number of aliphatic hydroxyl groups excluding tert-OH is 1. The summed E-state index contributed by atoms with van der Waals surface area (Å²) >= 11 is 0.923. The molecule has 0 saturated carbocycles. The van der Waals surface area contributed by atoms with E-state index in [1.54, 1.807) is 49.4 Å². The number of ketones is 1. The molecule has 1 aromatic heterocycles. The summed E-state index contributed by atoms with van der Waals surface area (Å²) in [5.74, 6) is -1.32.